The van der Waals surface area contributed by atoms with Crippen LogP contribution in [0.3, 0.4) is 0 Å². The lowest BCUT2D eigenvalue weighted by molar-refractivity contribution is 0.0976. The van der Waals surface area contributed by atoms with Crippen LogP contribution in [0.5, 0.6) is 23.0 Å². The Morgan fingerprint density at radius 3 is 1.93 bits per heavy atom. The number of aliphatic imine (C=N–C) groups is 1. The Bertz CT molecular complexity index is 2370. The summed E-state index contributed by atoms with van der Waals surface area (Å²) in [5, 5.41) is 0. The lowest BCUT2D eigenvalue weighted by Gasteiger charge is -2.31. The Kier molecular flexibility index (Phi) is 8.68. The van der Waals surface area contributed by atoms with Crippen LogP contribution in [-0.2, 0) is 26.1 Å². The number of rotatable bonds is 9. The summed E-state index contributed by atoms with van der Waals surface area (Å²) in [6.07, 6.45) is 3.40. The molecule has 0 bridgehead atoms. The first-order chi connectivity index (χ1) is 26.8. The van der Waals surface area contributed by atoms with Crippen LogP contribution < -0.4 is 33.6 Å². The van der Waals surface area contributed by atoms with E-state index < -0.39 is 0 Å². The quantitative estimate of drug-likeness (QED) is 0.152. The SMILES string of the molecule is COc1cc2c(cc1OCc1cccc(COc3cc4c(cc3OC)C(=O)N3c5ccccc5C[C@H]3CN4C(C)C)c1)N=C[C@@H]1Cc3ccccc3N1C2=O. The summed E-state index contributed by atoms with van der Waals surface area (Å²) in [5.74, 6) is 1.89. The van der Waals surface area contributed by atoms with Gasteiger partial charge in [-0.1, -0.05) is 54.6 Å². The second-order valence-electron chi connectivity index (χ2n) is 14.7. The van der Waals surface area contributed by atoms with Gasteiger partial charge in [0.2, 0.25) is 0 Å². The van der Waals surface area contributed by atoms with E-state index >= 15 is 0 Å². The minimum absolute atomic E-state index is 0.0266. The molecule has 55 heavy (non-hydrogen) atoms. The van der Waals surface area contributed by atoms with E-state index in [2.05, 4.69) is 30.9 Å². The molecule has 2 amide bonds. The molecule has 0 fully saturated rings. The van der Waals surface area contributed by atoms with Gasteiger partial charge in [-0.15, -0.1) is 0 Å². The number of ether oxygens (including phenoxy) is 4. The molecule has 10 nitrogen and oxygen atoms in total. The van der Waals surface area contributed by atoms with Crippen LogP contribution >= 0.6 is 0 Å². The van der Waals surface area contributed by atoms with Crippen molar-refractivity contribution in [2.45, 2.75) is 58.0 Å². The molecule has 2 atom stereocenters. The summed E-state index contributed by atoms with van der Waals surface area (Å²) in [4.78, 5) is 38.8. The van der Waals surface area contributed by atoms with Gasteiger partial charge in [0.15, 0.2) is 23.0 Å². The van der Waals surface area contributed by atoms with Gasteiger partial charge < -0.3 is 28.7 Å². The van der Waals surface area contributed by atoms with Gasteiger partial charge in [-0.05, 0) is 72.9 Å². The van der Waals surface area contributed by atoms with Crippen molar-refractivity contribution < 1.29 is 28.5 Å². The van der Waals surface area contributed by atoms with Gasteiger partial charge in [-0.25, -0.2) is 0 Å². The smallest absolute Gasteiger partial charge is 0.261 e. The number of benzene rings is 5. The van der Waals surface area contributed by atoms with E-state index in [4.69, 9.17) is 23.9 Å². The number of carbonyl (C=O) groups is 2. The highest BCUT2D eigenvalue weighted by molar-refractivity contribution is 6.15. The van der Waals surface area contributed by atoms with Gasteiger partial charge in [-0.2, -0.15) is 0 Å². The molecule has 0 radical (unpaired) electrons. The topological polar surface area (TPSA) is 93.1 Å². The maximum Gasteiger partial charge on any atom is 0.261 e. The molecule has 0 saturated heterocycles. The summed E-state index contributed by atoms with van der Waals surface area (Å²) < 4.78 is 24.3. The van der Waals surface area contributed by atoms with Crippen molar-refractivity contribution >= 4 is 40.8 Å². The van der Waals surface area contributed by atoms with Crippen LogP contribution in [0, 0.1) is 0 Å². The minimum atomic E-state index is -0.143. The van der Waals surface area contributed by atoms with Gasteiger partial charge >= 0.3 is 0 Å². The van der Waals surface area contributed by atoms with Crippen LogP contribution in [0.1, 0.15) is 56.8 Å². The highest BCUT2D eigenvalue weighted by Gasteiger charge is 2.41. The van der Waals surface area contributed by atoms with Crippen molar-refractivity contribution in [3.8, 4) is 23.0 Å². The first kappa shape index (κ1) is 34.5. The van der Waals surface area contributed by atoms with Crippen LogP contribution in [0.4, 0.5) is 22.7 Å². The molecule has 4 heterocycles. The molecule has 5 aromatic rings. The normalized spacial score (nSPS) is 17.8. The van der Waals surface area contributed by atoms with Gasteiger partial charge in [0, 0.05) is 48.7 Å². The van der Waals surface area contributed by atoms with Crippen molar-refractivity contribution in [3.05, 3.63) is 130 Å². The van der Waals surface area contributed by atoms with E-state index in [9.17, 15) is 9.59 Å². The molecule has 0 unspecified atom stereocenters. The zero-order valence-corrected chi connectivity index (χ0v) is 31.3. The highest BCUT2D eigenvalue weighted by atomic mass is 16.5. The summed E-state index contributed by atoms with van der Waals surface area (Å²) >= 11 is 0. The number of carbonyl (C=O) groups excluding carboxylic acids is 2. The number of anilines is 3. The molecule has 9 rings (SSSR count). The number of hydrogen-bond acceptors (Lipinski definition) is 8. The predicted octanol–water partition coefficient (Wildman–Crippen LogP) is 7.95. The molecule has 278 valence electrons. The molecular weight excluding hydrogens is 693 g/mol. The molecule has 0 saturated carbocycles. The van der Waals surface area contributed by atoms with E-state index in [0.717, 1.165) is 46.6 Å². The number of methoxy groups -OCH3 is 2. The molecule has 0 spiro atoms. The molecule has 4 aliphatic rings. The van der Waals surface area contributed by atoms with Crippen LogP contribution in [0.25, 0.3) is 0 Å². The summed E-state index contributed by atoms with van der Waals surface area (Å²) in [6.45, 7) is 5.56. The van der Waals surface area contributed by atoms with E-state index in [1.807, 2.05) is 88.8 Å². The predicted molar refractivity (Wildman–Crippen MR) is 213 cm³/mol. The van der Waals surface area contributed by atoms with E-state index in [1.165, 1.54) is 5.56 Å². The number of para-hydroxylation sites is 2. The van der Waals surface area contributed by atoms with Crippen molar-refractivity contribution in [2.24, 2.45) is 4.99 Å². The summed E-state index contributed by atoms with van der Waals surface area (Å²) in [7, 11) is 3.17. The first-order valence-corrected chi connectivity index (χ1v) is 18.7. The first-order valence-electron chi connectivity index (χ1n) is 18.7. The van der Waals surface area contributed by atoms with Crippen molar-refractivity contribution in [1.29, 1.82) is 0 Å². The van der Waals surface area contributed by atoms with Crippen LogP contribution in [-0.4, -0.2) is 56.9 Å². The summed E-state index contributed by atoms with van der Waals surface area (Å²) in [5.41, 5.74) is 8.56. The zero-order valence-electron chi connectivity index (χ0n) is 31.3. The van der Waals surface area contributed by atoms with Crippen LogP contribution in [0.2, 0.25) is 0 Å². The Hall–Kier alpha value is -6.29. The van der Waals surface area contributed by atoms with Crippen molar-refractivity contribution in [1.82, 2.24) is 0 Å². The lowest BCUT2D eigenvalue weighted by atomic mass is 10.1. The maximum absolute atomic E-state index is 14.2. The molecule has 0 aromatic heterocycles. The minimum Gasteiger partial charge on any atom is -0.493 e. The standard InChI is InChI=1S/C45H42N4O6/c1-27(2)47-24-33-18-31-13-6-8-15-38(31)49(33)45(51)35-20-41(53-4)43(22-39(35)47)55-26-29-11-9-10-28(16-29)25-54-42-21-36-34(19-40(42)52-3)44(50)48-32(23-46-36)17-30-12-5-7-14-37(30)48/h5-16,19-23,27,32-33H,17-18,24-26H2,1-4H3/t32-,33-/m0/s1. The fourth-order valence-corrected chi connectivity index (χ4v) is 8.38. The van der Waals surface area contributed by atoms with Gasteiger partial charge in [0.25, 0.3) is 11.8 Å². The van der Waals surface area contributed by atoms with Gasteiger partial charge in [-0.3, -0.25) is 19.5 Å². The molecular formula is C45H42N4O6. The van der Waals surface area contributed by atoms with E-state index in [1.54, 1.807) is 26.4 Å². The van der Waals surface area contributed by atoms with Gasteiger partial charge in [0.05, 0.1) is 48.8 Å². The van der Waals surface area contributed by atoms with E-state index in [0.29, 0.717) is 46.4 Å². The monoisotopic (exact) mass is 734 g/mol. The number of fused-ring (bicyclic) bond motifs is 8. The Labute approximate surface area is 320 Å². The molecule has 4 aliphatic heterocycles. The molecule has 0 aliphatic carbocycles. The van der Waals surface area contributed by atoms with Crippen molar-refractivity contribution in [2.75, 3.05) is 35.5 Å². The lowest BCUT2D eigenvalue weighted by Crippen LogP contribution is -2.44. The third-order valence-electron chi connectivity index (χ3n) is 11.1. The largest absolute Gasteiger partial charge is 0.493 e. The average Bonchev–Trinajstić information content (AvgIpc) is 3.70. The number of amides is 2. The third-order valence-corrected chi connectivity index (χ3v) is 11.1. The van der Waals surface area contributed by atoms with Crippen LogP contribution in [0.15, 0.2) is 102 Å². The summed E-state index contributed by atoms with van der Waals surface area (Å²) in [6, 6.07) is 31.5. The third kappa shape index (κ3) is 6.02. The Balaban J connectivity index is 0.929. The highest BCUT2D eigenvalue weighted by Crippen LogP contribution is 2.44. The van der Waals surface area contributed by atoms with Gasteiger partial charge in [0.1, 0.15) is 13.2 Å². The van der Waals surface area contributed by atoms with Crippen molar-refractivity contribution in [3.63, 3.8) is 0 Å². The fourth-order valence-electron chi connectivity index (χ4n) is 8.38. The molecule has 0 N–H and O–H groups in total. The average molecular weight is 735 g/mol. The van der Waals surface area contributed by atoms with E-state index in [-0.39, 0.29) is 43.2 Å². The maximum atomic E-state index is 14.2. The Morgan fingerprint density at radius 2 is 1.25 bits per heavy atom. The number of nitrogens with zero attached hydrogens (tertiary/aromatic N) is 4. The second kappa shape index (κ2) is 13.8. The molecule has 5 aromatic carbocycles. The molecule has 10 heteroatoms. The fraction of sp³-hybridized carbons (Fsp3) is 0.267. The Morgan fingerprint density at radius 1 is 0.655 bits per heavy atom. The second-order valence-corrected chi connectivity index (χ2v) is 14.7. The zero-order chi connectivity index (χ0) is 37.8. The number of hydrogen-bond donors (Lipinski definition) is 0.